The highest BCUT2D eigenvalue weighted by Crippen LogP contribution is 2.47. The van der Waals surface area contributed by atoms with Crippen LogP contribution in [0.4, 0.5) is 4.79 Å². The molecule has 2 N–H and O–H groups in total. The van der Waals surface area contributed by atoms with Crippen molar-refractivity contribution >= 4 is 28.8 Å². The highest BCUT2D eigenvalue weighted by Gasteiger charge is 2.36. The van der Waals surface area contributed by atoms with Crippen molar-refractivity contribution in [2.45, 2.75) is 82.8 Å². The molecular formula is C33H39N4O5-. The maximum Gasteiger partial charge on any atom is 0.252 e. The quantitative estimate of drug-likeness (QED) is 0.477. The molecule has 3 aliphatic rings. The SMILES string of the molecule is CC(C)(NC(=O)c1ccc2c(C3CCCCC3)c3n(c2c1)CCOc1ccccc1-3)C(=O)N1CCC(NC(=O)[O-])CC1. The minimum atomic E-state index is -1.30. The number of carboxylic acid groups (broad SMARTS) is 1. The Kier molecular flexibility index (Phi) is 7.60. The topological polar surface area (TPSA) is 116 Å². The van der Waals surface area contributed by atoms with Crippen LogP contribution in [0.2, 0.25) is 0 Å². The summed E-state index contributed by atoms with van der Waals surface area (Å²) in [6.07, 6.45) is 5.77. The van der Waals surface area contributed by atoms with Crippen LogP contribution in [0.3, 0.4) is 0 Å². The molecule has 2 aliphatic heterocycles. The van der Waals surface area contributed by atoms with E-state index < -0.39 is 11.6 Å². The van der Waals surface area contributed by atoms with E-state index in [2.05, 4.69) is 33.4 Å². The van der Waals surface area contributed by atoms with E-state index in [1.54, 1.807) is 18.7 Å². The Labute approximate surface area is 246 Å². The Hall–Kier alpha value is -4.01. The second-order valence-electron chi connectivity index (χ2n) is 12.4. The van der Waals surface area contributed by atoms with Gasteiger partial charge in [-0.2, -0.15) is 0 Å². The molecule has 1 aliphatic carbocycles. The number of aromatic nitrogens is 1. The molecule has 3 aromatic rings. The Morgan fingerprint density at radius 3 is 2.43 bits per heavy atom. The van der Waals surface area contributed by atoms with Gasteiger partial charge in [-0.1, -0.05) is 37.5 Å². The van der Waals surface area contributed by atoms with Crippen molar-refractivity contribution in [1.29, 1.82) is 0 Å². The number of ether oxygens (including phenoxy) is 1. The van der Waals surface area contributed by atoms with Gasteiger partial charge < -0.3 is 34.7 Å². The third kappa shape index (κ3) is 5.32. The fraction of sp³-hybridized carbons (Fsp3) is 0.485. The molecule has 2 fully saturated rings. The van der Waals surface area contributed by atoms with Gasteiger partial charge in [-0.25, -0.2) is 0 Å². The first-order chi connectivity index (χ1) is 20.2. The van der Waals surface area contributed by atoms with Crippen molar-refractivity contribution in [1.82, 2.24) is 20.1 Å². The van der Waals surface area contributed by atoms with Gasteiger partial charge in [0.15, 0.2) is 0 Å². The molecule has 9 nitrogen and oxygen atoms in total. The van der Waals surface area contributed by atoms with Crippen LogP contribution >= 0.6 is 0 Å². The van der Waals surface area contributed by atoms with E-state index in [1.165, 1.54) is 35.9 Å². The number of carbonyl (C=O) groups excluding carboxylic acids is 3. The minimum Gasteiger partial charge on any atom is -0.530 e. The number of amides is 3. The summed E-state index contributed by atoms with van der Waals surface area (Å²) in [4.78, 5) is 39.6. The van der Waals surface area contributed by atoms with Gasteiger partial charge in [-0.3, -0.25) is 9.59 Å². The molecule has 9 heteroatoms. The monoisotopic (exact) mass is 571 g/mol. The minimum absolute atomic E-state index is 0.186. The van der Waals surface area contributed by atoms with Crippen LogP contribution < -0.4 is 20.5 Å². The maximum atomic E-state index is 13.6. The predicted octanol–water partition coefficient (Wildman–Crippen LogP) is 4.18. The lowest BCUT2D eigenvalue weighted by molar-refractivity contribution is -0.251. The summed E-state index contributed by atoms with van der Waals surface area (Å²) in [5.74, 6) is 0.872. The molecule has 1 saturated heterocycles. The maximum absolute atomic E-state index is 13.6. The summed E-state index contributed by atoms with van der Waals surface area (Å²) in [7, 11) is 0. The Morgan fingerprint density at radius 1 is 0.952 bits per heavy atom. The van der Waals surface area contributed by atoms with Crippen molar-refractivity contribution in [2.24, 2.45) is 0 Å². The van der Waals surface area contributed by atoms with Crippen molar-refractivity contribution in [2.75, 3.05) is 19.7 Å². The van der Waals surface area contributed by atoms with E-state index >= 15 is 0 Å². The normalized spacial score (nSPS) is 18.0. The van der Waals surface area contributed by atoms with Gasteiger partial charge in [0, 0.05) is 41.2 Å². The van der Waals surface area contributed by atoms with Crippen molar-refractivity contribution in [3.05, 3.63) is 53.6 Å². The lowest BCUT2D eigenvalue weighted by Crippen LogP contribution is -2.58. The van der Waals surface area contributed by atoms with Crippen molar-refractivity contribution in [3.63, 3.8) is 0 Å². The number of piperidine rings is 1. The second-order valence-corrected chi connectivity index (χ2v) is 12.4. The number of hydrogen-bond donors (Lipinski definition) is 2. The number of nitrogens with zero attached hydrogens (tertiary/aromatic N) is 2. The fourth-order valence-corrected chi connectivity index (χ4v) is 7.08. The predicted molar refractivity (Wildman–Crippen MR) is 158 cm³/mol. The van der Waals surface area contributed by atoms with Crippen molar-refractivity contribution in [3.8, 4) is 17.0 Å². The average Bonchev–Trinajstić information content (AvgIpc) is 3.18. The number of carbonyl (C=O) groups is 3. The van der Waals surface area contributed by atoms with Gasteiger partial charge in [-0.05, 0) is 75.3 Å². The third-order valence-electron chi connectivity index (χ3n) is 9.16. The summed E-state index contributed by atoms with van der Waals surface area (Å²) in [6, 6.07) is 13.9. The van der Waals surface area contributed by atoms with E-state index in [1.807, 2.05) is 24.3 Å². The number of fused-ring (bicyclic) bond motifs is 5. The summed E-state index contributed by atoms with van der Waals surface area (Å²) in [5.41, 5.74) is 4.07. The summed E-state index contributed by atoms with van der Waals surface area (Å²) >= 11 is 0. The van der Waals surface area contributed by atoms with Crippen LogP contribution in [0.5, 0.6) is 5.75 Å². The zero-order valence-electron chi connectivity index (χ0n) is 24.4. The molecule has 1 saturated carbocycles. The Morgan fingerprint density at radius 2 is 1.69 bits per heavy atom. The number of para-hydroxylation sites is 1. The number of rotatable bonds is 5. The van der Waals surface area contributed by atoms with E-state index in [0.29, 0.717) is 50.6 Å². The van der Waals surface area contributed by atoms with Crippen LogP contribution in [0.25, 0.3) is 22.2 Å². The van der Waals surface area contributed by atoms with E-state index in [4.69, 9.17) is 4.74 Å². The molecule has 0 spiro atoms. The molecule has 0 unspecified atom stereocenters. The second kappa shape index (κ2) is 11.3. The molecule has 0 radical (unpaired) electrons. The highest BCUT2D eigenvalue weighted by atomic mass is 16.5. The van der Waals surface area contributed by atoms with Gasteiger partial charge in [0.25, 0.3) is 5.91 Å². The molecular weight excluding hydrogens is 532 g/mol. The number of hydrogen-bond acceptors (Lipinski definition) is 5. The molecule has 0 atom stereocenters. The summed E-state index contributed by atoms with van der Waals surface area (Å²) in [6.45, 7) is 5.50. The lowest BCUT2D eigenvalue weighted by Gasteiger charge is -2.37. The van der Waals surface area contributed by atoms with Gasteiger partial charge in [0.1, 0.15) is 24.0 Å². The van der Waals surface area contributed by atoms with Crippen LogP contribution in [0, 0.1) is 0 Å². The third-order valence-corrected chi connectivity index (χ3v) is 9.16. The standard InChI is InChI=1S/C33H40N4O5/c1-33(2,31(39)36-16-14-23(15-17-36)34-32(40)41)35-30(38)22-12-13-24-26(20-22)37-18-19-42-27-11-7-6-10-25(27)29(37)28(24)21-8-4-3-5-9-21/h6-7,10-13,20-21,23,34H,3-5,8-9,14-19H2,1-2H3,(H,35,38)(H,40,41)/p-1. The first-order valence-electron chi connectivity index (χ1n) is 15.2. The highest BCUT2D eigenvalue weighted by molar-refractivity contribution is 6.03. The van der Waals surface area contributed by atoms with Crippen LogP contribution in [-0.4, -0.2) is 58.7 Å². The van der Waals surface area contributed by atoms with Gasteiger partial charge >= 0.3 is 0 Å². The Balaban J connectivity index is 1.29. The molecule has 42 heavy (non-hydrogen) atoms. The molecule has 3 amide bonds. The zero-order valence-corrected chi connectivity index (χ0v) is 24.4. The van der Waals surface area contributed by atoms with Gasteiger partial charge in [-0.15, -0.1) is 0 Å². The molecule has 6 rings (SSSR count). The average molecular weight is 572 g/mol. The van der Waals surface area contributed by atoms with Gasteiger partial charge in [0.05, 0.1) is 12.2 Å². The molecule has 0 bridgehead atoms. The first-order valence-corrected chi connectivity index (χ1v) is 15.2. The number of nitrogens with one attached hydrogen (secondary N) is 2. The summed E-state index contributed by atoms with van der Waals surface area (Å²) in [5, 5.41) is 17.4. The van der Waals surface area contributed by atoms with E-state index in [0.717, 1.165) is 29.7 Å². The number of likely N-dealkylation sites (tertiary alicyclic amines) is 1. The first kappa shape index (κ1) is 28.1. The molecule has 2 aromatic carbocycles. The van der Waals surface area contributed by atoms with Crippen molar-refractivity contribution < 1.29 is 24.2 Å². The van der Waals surface area contributed by atoms with Crippen LogP contribution in [-0.2, 0) is 11.3 Å². The molecule has 3 heterocycles. The van der Waals surface area contributed by atoms with Crippen LogP contribution in [0.1, 0.15) is 80.6 Å². The fourth-order valence-electron chi connectivity index (χ4n) is 7.08. The zero-order chi connectivity index (χ0) is 29.4. The summed E-state index contributed by atoms with van der Waals surface area (Å²) < 4.78 is 8.48. The molecule has 1 aromatic heterocycles. The largest absolute Gasteiger partial charge is 0.530 e. The number of benzene rings is 2. The van der Waals surface area contributed by atoms with E-state index in [-0.39, 0.29) is 17.9 Å². The van der Waals surface area contributed by atoms with E-state index in [9.17, 15) is 19.5 Å². The van der Waals surface area contributed by atoms with Crippen LogP contribution in [0.15, 0.2) is 42.5 Å². The van der Waals surface area contributed by atoms with Gasteiger partial charge in [0.2, 0.25) is 5.91 Å². The lowest BCUT2D eigenvalue weighted by atomic mass is 9.81. The smallest absolute Gasteiger partial charge is 0.252 e. The molecule has 222 valence electrons. The Bertz CT molecular complexity index is 1510.